The third-order valence-electron chi connectivity index (χ3n) is 2.54. The molecule has 0 radical (unpaired) electrons. The summed E-state index contributed by atoms with van der Waals surface area (Å²) < 4.78 is 4.98. The van der Waals surface area contributed by atoms with Crippen LogP contribution in [0.3, 0.4) is 0 Å². The molecule has 0 bridgehead atoms. The molecular weight excluding hydrogens is 227 g/mol. The molecule has 1 saturated heterocycles. The summed E-state index contributed by atoms with van der Waals surface area (Å²) in [6, 6.07) is 0. The van der Waals surface area contributed by atoms with E-state index in [4.69, 9.17) is 4.74 Å². The molecular formula is C9H15NaO6. The summed E-state index contributed by atoms with van der Waals surface area (Å²) in [4.78, 5) is 10.6. The quantitative estimate of drug-likeness (QED) is 0.416. The Balaban J connectivity index is 0.00000225. The average Bonchev–Trinajstić information content (AvgIpc) is 2.13. The second-order valence-corrected chi connectivity index (χ2v) is 4.06. The number of ether oxygens (including phenoxy) is 1. The fourth-order valence-corrected chi connectivity index (χ4v) is 1.65. The van der Waals surface area contributed by atoms with Gasteiger partial charge in [-0.2, -0.15) is 0 Å². The molecule has 0 spiro atoms. The summed E-state index contributed by atoms with van der Waals surface area (Å²) in [7, 11) is 0. The topological polar surface area (TPSA) is 110 Å². The van der Waals surface area contributed by atoms with Gasteiger partial charge in [-0.05, 0) is 5.92 Å². The number of hydrogen-bond donors (Lipinski definition) is 3. The van der Waals surface area contributed by atoms with Crippen molar-refractivity contribution in [2.24, 2.45) is 5.92 Å². The van der Waals surface area contributed by atoms with E-state index in [-0.39, 0.29) is 35.5 Å². The van der Waals surface area contributed by atoms with Crippen LogP contribution >= 0.6 is 0 Å². The molecule has 5 atom stereocenters. The minimum absolute atomic E-state index is 0. The molecule has 0 aromatic rings. The number of carboxylic acid groups (broad SMARTS) is 1. The molecule has 3 N–H and O–H groups in total. The van der Waals surface area contributed by atoms with Crippen molar-refractivity contribution in [2.45, 2.75) is 44.4 Å². The smallest absolute Gasteiger partial charge is 0.547 e. The Kier molecular flexibility index (Phi) is 6.42. The normalized spacial score (nSPS) is 39.2. The fourth-order valence-electron chi connectivity index (χ4n) is 1.65. The van der Waals surface area contributed by atoms with Crippen molar-refractivity contribution in [2.75, 3.05) is 0 Å². The van der Waals surface area contributed by atoms with Crippen LogP contribution in [0.15, 0.2) is 0 Å². The van der Waals surface area contributed by atoms with E-state index in [1.165, 1.54) is 0 Å². The first-order valence-electron chi connectivity index (χ1n) is 4.76. The minimum atomic E-state index is -1.67. The van der Waals surface area contributed by atoms with Crippen molar-refractivity contribution < 1.29 is 59.5 Å². The number of carboxylic acids is 1. The number of aliphatic hydroxyl groups is 3. The molecule has 1 heterocycles. The van der Waals surface area contributed by atoms with Crippen LogP contribution < -0.4 is 34.7 Å². The van der Waals surface area contributed by atoms with Crippen LogP contribution in [-0.2, 0) is 9.53 Å². The van der Waals surface area contributed by atoms with Crippen LogP contribution in [0.1, 0.15) is 13.8 Å². The maximum atomic E-state index is 10.6. The maximum Gasteiger partial charge on any atom is 1.00 e. The second kappa shape index (κ2) is 6.30. The van der Waals surface area contributed by atoms with Gasteiger partial charge in [0.25, 0.3) is 0 Å². The first-order valence-corrected chi connectivity index (χ1v) is 4.76. The van der Waals surface area contributed by atoms with Crippen LogP contribution in [0.4, 0.5) is 0 Å². The molecule has 1 rings (SSSR count). The monoisotopic (exact) mass is 242 g/mol. The Bertz CT molecular complexity index is 246. The molecule has 0 aromatic carbocycles. The van der Waals surface area contributed by atoms with Crippen LogP contribution in [0.5, 0.6) is 0 Å². The SMILES string of the molecule is CC(C)[C@@H]1OC(C(=O)[O-])[C@@H](O)[C@@H](O)C1O.[Na+]. The van der Waals surface area contributed by atoms with Gasteiger partial charge in [-0.1, -0.05) is 13.8 Å². The molecule has 1 fully saturated rings. The van der Waals surface area contributed by atoms with E-state index in [1.54, 1.807) is 13.8 Å². The van der Waals surface area contributed by atoms with Gasteiger partial charge in [-0.15, -0.1) is 0 Å². The molecule has 1 aliphatic heterocycles. The average molecular weight is 242 g/mol. The van der Waals surface area contributed by atoms with E-state index >= 15 is 0 Å². The molecule has 1 aliphatic rings. The summed E-state index contributed by atoms with van der Waals surface area (Å²) in [5.74, 6) is -1.77. The molecule has 2 unspecified atom stereocenters. The number of carbonyl (C=O) groups excluding carboxylic acids is 1. The van der Waals surface area contributed by atoms with Crippen molar-refractivity contribution in [3.05, 3.63) is 0 Å². The van der Waals surface area contributed by atoms with Crippen LogP contribution in [-0.4, -0.2) is 51.8 Å². The van der Waals surface area contributed by atoms with Crippen molar-refractivity contribution in [1.29, 1.82) is 0 Å². The van der Waals surface area contributed by atoms with Gasteiger partial charge in [-0.3, -0.25) is 0 Å². The molecule has 88 valence electrons. The van der Waals surface area contributed by atoms with E-state index in [2.05, 4.69) is 0 Å². The number of aliphatic hydroxyl groups excluding tert-OH is 3. The summed E-state index contributed by atoms with van der Waals surface area (Å²) in [5, 5.41) is 38.9. The van der Waals surface area contributed by atoms with Gasteiger partial charge in [-0.25, -0.2) is 0 Å². The first kappa shape index (κ1) is 16.3. The number of aliphatic carboxylic acids is 1. The third-order valence-corrected chi connectivity index (χ3v) is 2.54. The largest absolute Gasteiger partial charge is 1.00 e. The van der Waals surface area contributed by atoms with Crippen molar-refractivity contribution >= 4 is 5.97 Å². The van der Waals surface area contributed by atoms with Gasteiger partial charge in [0.15, 0.2) is 0 Å². The van der Waals surface area contributed by atoms with Crippen molar-refractivity contribution in [3.8, 4) is 0 Å². The fraction of sp³-hybridized carbons (Fsp3) is 0.889. The van der Waals surface area contributed by atoms with Gasteiger partial charge in [0.05, 0.1) is 12.1 Å². The molecule has 6 nitrogen and oxygen atoms in total. The molecule has 0 aliphatic carbocycles. The van der Waals surface area contributed by atoms with Gasteiger partial charge in [0.1, 0.15) is 24.4 Å². The number of carbonyl (C=O) groups is 1. The molecule has 0 saturated carbocycles. The van der Waals surface area contributed by atoms with E-state index in [0.717, 1.165) is 0 Å². The van der Waals surface area contributed by atoms with Crippen molar-refractivity contribution in [3.63, 3.8) is 0 Å². The first-order chi connectivity index (χ1) is 6.86. The third kappa shape index (κ3) is 3.16. The molecule has 0 amide bonds. The Morgan fingerprint density at radius 1 is 1.19 bits per heavy atom. The Morgan fingerprint density at radius 3 is 2.06 bits per heavy atom. The molecule has 0 aromatic heterocycles. The van der Waals surface area contributed by atoms with Gasteiger partial charge in [0.2, 0.25) is 0 Å². The predicted octanol–water partition coefficient (Wildman–Crippen LogP) is -5.75. The van der Waals surface area contributed by atoms with Gasteiger partial charge in [0, 0.05) is 0 Å². The predicted molar refractivity (Wildman–Crippen MR) is 46.5 cm³/mol. The van der Waals surface area contributed by atoms with E-state index in [0.29, 0.717) is 0 Å². The minimum Gasteiger partial charge on any atom is -0.547 e. The zero-order chi connectivity index (χ0) is 11.7. The Labute approximate surface area is 116 Å². The zero-order valence-electron chi connectivity index (χ0n) is 9.53. The van der Waals surface area contributed by atoms with Gasteiger partial charge >= 0.3 is 29.6 Å². The molecule has 16 heavy (non-hydrogen) atoms. The number of rotatable bonds is 2. The summed E-state index contributed by atoms with van der Waals surface area (Å²) in [6.07, 6.45) is -6.92. The van der Waals surface area contributed by atoms with Crippen LogP contribution in [0, 0.1) is 5.92 Å². The Hall–Kier alpha value is 0.310. The summed E-state index contributed by atoms with van der Waals surface area (Å²) in [5.41, 5.74) is 0. The van der Waals surface area contributed by atoms with E-state index in [1.807, 2.05) is 0 Å². The van der Waals surface area contributed by atoms with E-state index < -0.39 is 36.5 Å². The van der Waals surface area contributed by atoms with Crippen LogP contribution in [0.2, 0.25) is 0 Å². The van der Waals surface area contributed by atoms with Crippen molar-refractivity contribution in [1.82, 2.24) is 0 Å². The van der Waals surface area contributed by atoms with E-state index in [9.17, 15) is 25.2 Å². The zero-order valence-corrected chi connectivity index (χ0v) is 11.5. The number of hydrogen-bond acceptors (Lipinski definition) is 6. The summed E-state index contributed by atoms with van der Waals surface area (Å²) >= 11 is 0. The van der Waals surface area contributed by atoms with Gasteiger partial charge < -0.3 is 30.0 Å². The standard InChI is InChI=1S/C9H16O6.Na/c1-3(2)7-5(11)4(10)6(12)8(15-7)9(13)14;/h3-8,10-12H,1-2H3,(H,13,14);/q;+1/p-1/t4-,5?,6-,7-,8?;/m0./s1. The summed E-state index contributed by atoms with van der Waals surface area (Å²) in [6.45, 7) is 3.43. The second-order valence-electron chi connectivity index (χ2n) is 4.06. The Morgan fingerprint density at radius 2 is 1.69 bits per heavy atom. The maximum absolute atomic E-state index is 10.6. The molecule has 7 heteroatoms. The van der Waals surface area contributed by atoms with Crippen LogP contribution in [0.25, 0.3) is 0 Å².